The van der Waals surface area contributed by atoms with Gasteiger partial charge in [0, 0.05) is 19.6 Å². The molecule has 2 rings (SSSR count). The zero-order valence-corrected chi connectivity index (χ0v) is 10.4. The zero-order valence-electron chi connectivity index (χ0n) is 10.4. The van der Waals surface area contributed by atoms with Gasteiger partial charge >= 0.3 is 0 Å². The summed E-state index contributed by atoms with van der Waals surface area (Å²) in [5.74, 6) is -0.0918. The van der Waals surface area contributed by atoms with E-state index in [1.807, 2.05) is 0 Å². The van der Waals surface area contributed by atoms with Crippen LogP contribution in [0.5, 0.6) is 5.75 Å². The SMILES string of the molecule is COc1cccc(F)c1C(=O)CC1CCOCC1. The van der Waals surface area contributed by atoms with Gasteiger partial charge in [-0.15, -0.1) is 0 Å². The van der Waals surface area contributed by atoms with Crippen LogP contribution in [0.3, 0.4) is 0 Å². The van der Waals surface area contributed by atoms with Gasteiger partial charge in [0.25, 0.3) is 0 Å². The highest BCUT2D eigenvalue weighted by Crippen LogP contribution is 2.26. The van der Waals surface area contributed by atoms with Gasteiger partial charge in [0.05, 0.1) is 12.7 Å². The summed E-state index contributed by atoms with van der Waals surface area (Å²) in [7, 11) is 1.44. The van der Waals surface area contributed by atoms with E-state index in [1.54, 1.807) is 12.1 Å². The van der Waals surface area contributed by atoms with E-state index in [2.05, 4.69) is 0 Å². The van der Waals surface area contributed by atoms with Crippen LogP contribution in [0, 0.1) is 11.7 Å². The molecule has 0 bridgehead atoms. The maximum absolute atomic E-state index is 13.7. The van der Waals surface area contributed by atoms with Crippen molar-refractivity contribution in [2.45, 2.75) is 19.3 Å². The molecule has 0 unspecified atom stereocenters. The Kier molecular flexibility index (Phi) is 4.31. The molecule has 1 heterocycles. The van der Waals surface area contributed by atoms with Crippen LogP contribution < -0.4 is 4.74 Å². The molecule has 0 atom stereocenters. The summed E-state index contributed by atoms with van der Waals surface area (Å²) < 4.78 is 24.0. The molecule has 98 valence electrons. The fourth-order valence-corrected chi connectivity index (χ4v) is 2.26. The second-order valence-corrected chi connectivity index (χ2v) is 4.50. The van der Waals surface area contributed by atoms with Crippen molar-refractivity contribution in [3.05, 3.63) is 29.6 Å². The molecule has 0 N–H and O–H groups in total. The summed E-state index contributed by atoms with van der Waals surface area (Å²) in [5, 5.41) is 0. The van der Waals surface area contributed by atoms with Crippen LogP contribution in [0.2, 0.25) is 0 Å². The number of methoxy groups -OCH3 is 1. The highest BCUT2D eigenvalue weighted by molar-refractivity contribution is 5.99. The predicted octanol–water partition coefficient (Wildman–Crippen LogP) is 2.83. The molecule has 1 aromatic rings. The number of ether oxygens (including phenoxy) is 2. The third-order valence-electron chi connectivity index (χ3n) is 3.29. The maximum Gasteiger partial charge on any atom is 0.169 e. The minimum Gasteiger partial charge on any atom is -0.496 e. The molecule has 0 aliphatic carbocycles. The fraction of sp³-hybridized carbons (Fsp3) is 0.500. The number of hydrogen-bond donors (Lipinski definition) is 0. The van der Waals surface area contributed by atoms with Crippen LogP contribution in [0.4, 0.5) is 4.39 Å². The van der Waals surface area contributed by atoms with E-state index >= 15 is 0 Å². The number of carbonyl (C=O) groups is 1. The molecule has 1 aromatic carbocycles. The average Bonchev–Trinajstić information content (AvgIpc) is 2.39. The summed E-state index contributed by atoms with van der Waals surface area (Å²) in [6.07, 6.45) is 2.09. The molecule has 4 heteroatoms. The van der Waals surface area contributed by atoms with Crippen LogP contribution in [-0.2, 0) is 4.74 Å². The Morgan fingerprint density at radius 1 is 1.44 bits per heavy atom. The molecule has 1 saturated heterocycles. The first-order valence-electron chi connectivity index (χ1n) is 6.16. The van der Waals surface area contributed by atoms with Crippen LogP contribution in [0.15, 0.2) is 18.2 Å². The van der Waals surface area contributed by atoms with Crippen molar-refractivity contribution in [1.29, 1.82) is 0 Å². The largest absolute Gasteiger partial charge is 0.496 e. The van der Waals surface area contributed by atoms with Crippen LogP contribution in [0.25, 0.3) is 0 Å². The number of rotatable bonds is 4. The van der Waals surface area contributed by atoms with Gasteiger partial charge in [-0.25, -0.2) is 4.39 Å². The molecule has 0 radical (unpaired) electrons. The Labute approximate surface area is 106 Å². The summed E-state index contributed by atoms with van der Waals surface area (Å²) >= 11 is 0. The lowest BCUT2D eigenvalue weighted by Crippen LogP contribution is -2.19. The molecule has 18 heavy (non-hydrogen) atoms. The van der Waals surface area contributed by atoms with Crippen molar-refractivity contribution in [2.75, 3.05) is 20.3 Å². The monoisotopic (exact) mass is 252 g/mol. The highest BCUT2D eigenvalue weighted by Gasteiger charge is 2.22. The first kappa shape index (κ1) is 13.0. The lowest BCUT2D eigenvalue weighted by Gasteiger charge is -2.21. The lowest BCUT2D eigenvalue weighted by atomic mass is 9.91. The Hall–Kier alpha value is -1.42. The molecule has 1 aliphatic rings. The van der Waals surface area contributed by atoms with Gasteiger partial charge in [0.15, 0.2) is 5.78 Å². The Balaban J connectivity index is 2.12. The molecule has 0 spiro atoms. The van der Waals surface area contributed by atoms with Crippen molar-refractivity contribution >= 4 is 5.78 Å². The maximum atomic E-state index is 13.7. The molecular formula is C14H17FO3. The van der Waals surface area contributed by atoms with Gasteiger partial charge in [-0.3, -0.25) is 4.79 Å². The molecule has 3 nitrogen and oxygen atoms in total. The lowest BCUT2D eigenvalue weighted by molar-refractivity contribution is 0.0599. The van der Waals surface area contributed by atoms with Crippen LogP contribution in [0.1, 0.15) is 29.6 Å². The smallest absolute Gasteiger partial charge is 0.169 e. The van der Waals surface area contributed by atoms with E-state index in [4.69, 9.17) is 9.47 Å². The van der Waals surface area contributed by atoms with Gasteiger partial charge in [0.1, 0.15) is 11.6 Å². The van der Waals surface area contributed by atoms with Crippen molar-refractivity contribution in [2.24, 2.45) is 5.92 Å². The number of carbonyl (C=O) groups excluding carboxylic acids is 1. The van der Waals surface area contributed by atoms with Gasteiger partial charge in [-0.05, 0) is 30.9 Å². The number of benzene rings is 1. The van der Waals surface area contributed by atoms with E-state index in [-0.39, 0.29) is 17.3 Å². The Morgan fingerprint density at radius 3 is 2.83 bits per heavy atom. The van der Waals surface area contributed by atoms with E-state index in [9.17, 15) is 9.18 Å². The predicted molar refractivity (Wildman–Crippen MR) is 65.4 cm³/mol. The number of halogens is 1. The summed E-state index contributed by atoms with van der Waals surface area (Å²) in [5.41, 5.74) is 0.0755. The molecular weight excluding hydrogens is 235 g/mol. The third-order valence-corrected chi connectivity index (χ3v) is 3.29. The first-order chi connectivity index (χ1) is 8.72. The van der Waals surface area contributed by atoms with Gasteiger partial charge < -0.3 is 9.47 Å². The minimum atomic E-state index is -0.508. The number of ketones is 1. The second-order valence-electron chi connectivity index (χ2n) is 4.50. The molecule has 1 aliphatic heterocycles. The molecule has 0 aromatic heterocycles. The zero-order chi connectivity index (χ0) is 13.0. The van der Waals surface area contributed by atoms with Gasteiger partial charge in [-0.2, -0.15) is 0 Å². The van der Waals surface area contributed by atoms with Crippen LogP contribution >= 0.6 is 0 Å². The summed E-state index contributed by atoms with van der Waals surface area (Å²) in [6, 6.07) is 4.44. The normalized spacial score (nSPS) is 16.6. The summed E-state index contributed by atoms with van der Waals surface area (Å²) in [6.45, 7) is 1.37. The third kappa shape index (κ3) is 2.88. The quantitative estimate of drug-likeness (QED) is 0.773. The molecule has 1 fully saturated rings. The standard InChI is InChI=1S/C14H17FO3/c1-17-13-4-2-3-11(15)14(13)12(16)9-10-5-7-18-8-6-10/h2-4,10H,5-9H2,1H3. The van der Waals surface area contributed by atoms with Gasteiger partial charge in [-0.1, -0.05) is 6.07 Å². The number of Topliss-reactive ketones (excluding diaryl/α,β-unsaturated/α-hetero) is 1. The molecule has 0 amide bonds. The Bertz CT molecular complexity index is 425. The van der Waals surface area contributed by atoms with Crippen molar-refractivity contribution in [3.8, 4) is 5.75 Å². The van der Waals surface area contributed by atoms with E-state index in [0.29, 0.717) is 25.4 Å². The minimum absolute atomic E-state index is 0.0755. The second kappa shape index (κ2) is 5.96. The van der Waals surface area contributed by atoms with Crippen molar-refractivity contribution in [3.63, 3.8) is 0 Å². The first-order valence-corrected chi connectivity index (χ1v) is 6.16. The van der Waals surface area contributed by atoms with Gasteiger partial charge in [0.2, 0.25) is 0 Å². The van der Waals surface area contributed by atoms with E-state index < -0.39 is 5.82 Å². The topological polar surface area (TPSA) is 35.5 Å². The van der Waals surface area contributed by atoms with Crippen molar-refractivity contribution < 1.29 is 18.7 Å². The van der Waals surface area contributed by atoms with E-state index in [1.165, 1.54) is 13.2 Å². The fourth-order valence-electron chi connectivity index (χ4n) is 2.26. The summed E-state index contributed by atoms with van der Waals surface area (Å²) in [4.78, 5) is 12.2. The number of hydrogen-bond acceptors (Lipinski definition) is 3. The average molecular weight is 252 g/mol. The van der Waals surface area contributed by atoms with E-state index in [0.717, 1.165) is 12.8 Å². The molecule has 0 saturated carbocycles. The Morgan fingerprint density at radius 2 is 2.17 bits per heavy atom. The highest BCUT2D eigenvalue weighted by atomic mass is 19.1. The van der Waals surface area contributed by atoms with Crippen LogP contribution in [-0.4, -0.2) is 26.1 Å². The van der Waals surface area contributed by atoms with Crippen molar-refractivity contribution in [1.82, 2.24) is 0 Å².